The first-order valence-corrected chi connectivity index (χ1v) is 7.86. The molecule has 0 aliphatic rings. The molecule has 0 unspecified atom stereocenters. The average molecular weight is 338 g/mol. The molecular formula is C18H18N4O3. The minimum absolute atomic E-state index is 0.203. The molecule has 7 heteroatoms. The van der Waals surface area contributed by atoms with E-state index in [1.54, 1.807) is 43.7 Å². The highest BCUT2D eigenvalue weighted by Gasteiger charge is 2.19. The summed E-state index contributed by atoms with van der Waals surface area (Å²) in [4.78, 5) is 45.4. The summed E-state index contributed by atoms with van der Waals surface area (Å²) in [6.45, 7) is 1.56. The SMILES string of the molecule is C[C@H](c1ccncc1)N(C)C(=O)Cn1c(=O)[nH]c2ccccc2c1=O. The van der Waals surface area contributed by atoms with Crippen LogP contribution in [0.3, 0.4) is 0 Å². The third kappa shape index (κ3) is 3.21. The number of para-hydroxylation sites is 1. The molecular weight excluding hydrogens is 320 g/mol. The lowest BCUT2D eigenvalue weighted by Crippen LogP contribution is -2.41. The van der Waals surface area contributed by atoms with Crippen LogP contribution < -0.4 is 11.2 Å². The van der Waals surface area contributed by atoms with Crippen LogP contribution in [0.4, 0.5) is 0 Å². The van der Waals surface area contributed by atoms with E-state index in [2.05, 4.69) is 9.97 Å². The predicted octanol–water partition coefficient (Wildman–Crippen LogP) is 1.30. The van der Waals surface area contributed by atoms with Crippen molar-refractivity contribution in [1.29, 1.82) is 0 Å². The van der Waals surface area contributed by atoms with Crippen molar-refractivity contribution >= 4 is 16.8 Å². The monoisotopic (exact) mass is 338 g/mol. The zero-order valence-electron chi connectivity index (χ0n) is 14.0. The fourth-order valence-corrected chi connectivity index (χ4v) is 2.67. The van der Waals surface area contributed by atoms with Crippen LogP contribution in [-0.2, 0) is 11.3 Å². The molecule has 1 aromatic carbocycles. The molecule has 0 radical (unpaired) electrons. The molecule has 2 aromatic heterocycles. The smallest absolute Gasteiger partial charge is 0.329 e. The Morgan fingerprint density at radius 1 is 1.20 bits per heavy atom. The first-order chi connectivity index (χ1) is 12.0. The van der Waals surface area contributed by atoms with Crippen LogP contribution in [0.1, 0.15) is 18.5 Å². The molecule has 1 N–H and O–H groups in total. The number of aromatic amines is 1. The number of nitrogens with one attached hydrogen (secondary N) is 1. The summed E-state index contributed by atoms with van der Waals surface area (Å²) in [5.41, 5.74) is 0.310. The van der Waals surface area contributed by atoms with E-state index < -0.39 is 11.2 Å². The van der Waals surface area contributed by atoms with Crippen molar-refractivity contribution in [3.8, 4) is 0 Å². The van der Waals surface area contributed by atoms with Gasteiger partial charge in [-0.1, -0.05) is 12.1 Å². The van der Waals surface area contributed by atoms with Crippen molar-refractivity contribution in [2.24, 2.45) is 0 Å². The van der Waals surface area contributed by atoms with Crippen LogP contribution in [0, 0.1) is 0 Å². The molecule has 0 bridgehead atoms. The summed E-state index contributed by atoms with van der Waals surface area (Å²) >= 11 is 0. The van der Waals surface area contributed by atoms with Gasteiger partial charge in [-0.15, -0.1) is 0 Å². The van der Waals surface area contributed by atoms with Gasteiger partial charge < -0.3 is 9.88 Å². The third-order valence-electron chi connectivity index (χ3n) is 4.35. The maximum Gasteiger partial charge on any atom is 0.329 e. The zero-order chi connectivity index (χ0) is 18.0. The molecule has 0 aliphatic heterocycles. The number of hydrogen-bond acceptors (Lipinski definition) is 4. The summed E-state index contributed by atoms with van der Waals surface area (Å²) < 4.78 is 0.931. The van der Waals surface area contributed by atoms with Gasteiger partial charge in [0, 0.05) is 19.4 Å². The van der Waals surface area contributed by atoms with E-state index in [0.29, 0.717) is 10.9 Å². The predicted molar refractivity (Wildman–Crippen MR) is 94.3 cm³/mol. The number of pyridine rings is 1. The Kier molecular flexibility index (Phi) is 4.47. The van der Waals surface area contributed by atoms with Crippen molar-refractivity contribution in [3.63, 3.8) is 0 Å². The first kappa shape index (κ1) is 16.6. The second-order valence-corrected chi connectivity index (χ2v) is 5.83. The van der Waals surface area contributed by atoms with Crippen LogP contribution in [0.25, 0.3) is 10.9 Å². The molecule has 1 amide bonds. The van der Waals surface area contributed by atoms with Crippen molar-refractivity contribution in [3.05, 3.63) is 75.2 Å². The van der Waals surface area contributed by atoms with Crippen LogP contribution >= 0.6 is 0 Å². The van der Waals surface area contributed by atoms with Gasteiger partial charge in [0.1, 0.15) is 6.54 Å². The van der Waals surface area contributed by atoms with Crippen LogP contribution in [0.2, 0.25) is 0 Å². The summed E-state index contributed by atoms with van der Waals surface area (Å²) in [7, 11) is 1.65. The van der Waals surface area contributed by atoms with Crippen LogP contribution in [0.5, 0.6) is 0 Å². The second kappa shape index (κ2) is 6.72. The third-order valence-corrected chi connectivity index (χ3v) is 4.35. The Bertz CT molecular complexity index is 1020. The standard InChI is InChI=1S/C18H18N4O3/c1-12(13-7-9-19-10-8-13)21(2)16(23)11-22-17(24)14-5-3-4-6-15(14)20-18(22)25/h3-10,12H,11H2,1-2H3,(H,20,25)/t12-/m1/s1. The molecule has 0 spiro atoms. The summed E-state index contributed by atoms with van der Waals surface area (Å²) in [5, 5.41) is 0.375. The van der Waals surface area contributed by atoms with Gasteiger partial charge >= 0.3 is 5.69 Å². The van der Waals surface area contributed by atoms with Crippen LogP contribution in [-0.4, -0.2) is 32.4 Å². The normalized spacial score (nSPS) is 12.1. The number of carbonyl (C=O) groups excluding carboxylic acids is 1. The number of benzene rings is 1. The van der Waals surface area contributed by atoms with Crippen molar-refractivity contribution in [2.45, 2.75) is 19.5 Å². The van der Waals surface area contributed by atoms with Gasteiger partial charge in [0.2, 0.25) is 5.91 Å². The Hall–Kier alpha value is -3.22. The average Bonchev–Trinajstić information content (AvgIpc) is 2.64. The number of rotatable bonds is 4. The molecule has 1 atom stereocenters. The maximum absolute atomic E-state index is 12.6. The second-order valence-electron chi connectivity index (χ2n) is 5.83. The molecule has 0 saturated carbocycles. The fraction of sp³-hybridized carbons (Fsp3) is 0.222. The highest BCUT2D eigenvalue weighted by atomic mass is 16.2. The Balaban J connectivity index is 1.89. The topological polar surface area (TPSA) is 88.1 Å². The van der Waals surface area contributed by atoms with E-state index in [1.165, 1.54) is 4.90 Å². The number of H-pyrrole nitrogens is 1. The van der Waals surface area contributed by atoms with Crippen molar-refractivity contribution < 1.29 is 4.79 Å². The highest BCUT2D eigenvalue weighted by Crippen LogP contribution is 2.17. The van der Waals surface area contributed by atoms with Gasteiger partial charge in [-0.3, -0.25) is 19.1 Å². The van der Waals surface area contributed by atoms with E-state index >= 15 is 0 Å². The molecule has 25 heavy (non-hydrogen) atoms. The molecule has 0 saturated heterocycles. The van der Waals surface area contributed by atoms with Gasteiger partial charge in [-0.25, -0.2) is 4.79 Å². The molecule has 7 nitrogen and oxygen atoms in total. The largest absolute Gasteiger partial charge is 0.337 e. The molecule has 0 fully saturated rings. The molecule has 3 aromatic rings. The fourth-order valence-electron chi connectivity index (χ4n) is 2.67. The molecule has 0 aliphatic carbocycles. The highest BCUT2D eigenvalue weighted by molar-refractivity contribution is 5.79. The molecule has 3 rings (SSSR count). The molecule has 128 valence electrons. The number of amides is 1. The van der Waals surface area contributed by atoms with E-state index in [1.807, 2.05) is 19.1 Å². The maximum atomic E-state index is 12.6. The summed E-state index contributed by atoms with van der Waals surface area (Å²) in [6.07, 6.45) is 3.31. The minimum Gasteiger partial charge on any atom is -0.337 e. The Morgan fingerprint density at radius 2 is 1.88 bits per heavy atom. The number of carbonyl (C=O) groups is 1. The van der Waals surface area contributed by atoms with E-state index in [0.717, 1.165) is 10.1 Å². The number of aromatic nitrogens is 3. The minimum atomic E-state index is -0.595. The number of hydrogen-bond donors (Lipinski definition) is 1. The lowest BCUT2D eigenvalue weighted by atomic mass is 10.1. The zero-order valence-corrected chi connectivity index (χ0v) is 14.0. The van der Waals surface area contributed by atoms with Gasteiger partial charge in [-0.2, -0.15) is 0 Å². The van der Waals surface area contributed by atoms with E-state index in [4.69, 9.17) is 0 Å². The van der Waals surface area contributed by atoms with E-state index in [-0.39, 0.29) is 18.5 Å². The number of nitrogens with zero attached hydrogens (tertiary/aromatic N) is 3. The summed E-state index contributed by atoms with van der Waals surface area (Å²) in [5.74, 6) is -0.327. The van der Waals surface area contributed by atoms with E-state index in [9.17, 15) is 14.4 Å². The Morgan fingerprint density at radius 3 is 2.60 bits per heavy atom. The number of fused-ring (bicyclic) bond motifs is 1. The molecule has 2 heterocycles. The van der Waals surface area contributed by atoms with Crippen molar-refractivity contribution in [1.82, 2.24) is 19.4 Å². The lowest BCUT2D eigenvalue weighted by molar-refractivity contribution is -0.132. The van der Waals surface area contributed by atoms with Gasteiger partial charge in [0.15, 0.2) is 0 Å². The Labute approximate surface area is 143 Å². The van der Waals surface area contributed by atoms with Gasteiger partial charge in [0.05, 0.1) is 16.9 Å². The summed E-state index contributed by atoms with van der Waals surface area (Å²) in [6, 6.07) is 10.2. The number of likely N-dealkylation sites (N-methyl/N-ethyl adjacent to an activating group) is 1. The van der Waals surface area contributed by atoms with Crippen molar-refractivity contribution in [2.75, 3.05) is 7.05 Å². The van der Waals surface area contributed by atoms with Crippen LogP contribution in [0.15, 0.2) is 58.4 Å². The lowest BCUT2D eigenvalue weighted by Gasteiger charge is -2.25. The quantitative estimate of drug-likeness (QED) is 0.777. The first-order valence-electron chi connectivity index (χ1n) is 7.86. The van der Waals surface area contributed by atoms with Gasteiger partial charge in [0.25, 0.3) is 5.56 Å². The van der Waals surface area contributed by atoms with Gasteiger partial charge in [-0.05, 0) is 36.8 Å².